The molecule has 2 heterocycles. The number of aromatic nitrogens is 1. The molecular formula is C12H12Cl2N2O. The molecule has 0 radical (unpaired) electrons. The summed E-state index contributed by atoms with van der Waals surface area (Å²) < 4.78 is 5.76. The van der Waals surface area contributed by atoms with Gasteiger partial charge in [0.2, 0.25) is 0 Å². The smallest absolute Gasteiger partial charge is 0.198 e. The van der Waals surface area contributed by atoms with Crippen molar-refractivity contribution < 1.29 is 4.42 Å². The molecule has 0 unspecified atom stereocenters. The highest BCUT2D eigenvalue weighted by Crippen LogP contribution is 2.32. The molecule has 17 heavy (non-hydrogen) atoms. The first-order chi connectivity index (χ1) is 8.24. The first-order valence-electron chi connectivity index (χ1n) is 5.70. The Morgan fingerprint density at radius 1 is 1.24 bits per heavy atom. The molecule has 3 nitrogen and oxygen atoms in total. The van der Waals surface area contributed by atoms with E-state index >= 15 is 0 Å². The molecule has 1 aliphatic heterocycles. The average Bonchev–Trinajstić information content (AvgIpc) is 2.74. The summed E-state index contributed by atoms with van der Waals surface area (Å²) in [6, 6.07) is 3.46. The lowest BCUT2D eigenvalue weighted by Gasteiger charge is -2.19. The lowest BCUT2D eigenvalue weighted by atomic mass is 9.98. The van der Waals surface area contributed by atoms with Gasteiger partial charge in [-0.1, -0.05) is 23.2 Å². The SMILES string of the molecule is Clc1cc(Cl)c2nc(C3CCNCC3)oc2c1. The fraction of sp³-hybridized carbons (Fsp3) is 0.417. The van der Waals surface area contributed by atoms with Gasteiger partial charge in [-0.05, 0) is 32.0 Å². The van der Waals surface area contributed by atoms with Crippen molar-refractivity contribution in [2.75, 3.05) is 13.1 Å². The van der Waals surface area contributed by atoms with Crippen LogP contribution in [0.3, 0.4) is 0 Å². The molecule has 0 spiro atoms. The summed E-state index contributed by atoms with van der Waals surface area (Å²) in [5.41, 5.74) is 1.39. The summed E-state index contributed by atoms with van der Waals surface area (Å²) in [6.45, 7) is 2.02. The molecule has 1 aromatic heterocycles. The van der Waals surface area contributed by atoms with Crippen molar-refractivity contribution in [3.05, 3.63) is 28.1 Å². The van der Waals surface area contributed by atoms with Gasteiger partial charge >= 0.3 is 0 Å². The van der Waals surface area contributed by atoms with Crippen LogP contribution in [0, 0.1) is 0 Å². The number of nitrogens with one attached hydrogen (secondary N) is 1. The van der Waals surface area contributed by atoms with Crippen LogP contribution in [0.5, 0.6) is 0 Å². The molecule has 1 aliphatic rings. The van der Waals surface area contributed by atoms with Crippen LogP contribution >= 0.6 is 23.2 Å². The third-order valence-corrected chi connectivity index (χ3v) is 3.62. The van der Waals surface area contributed by atoms with Crippen LogP contribution in [0.1, 0.15) is 24.7 Å². The van der Waals surface area contributed by atoms with Gasteiger partial charge in [0.1, 0.15) is 5.52 Å². The van der Waals surface area contributed by atoms with E-state index in [1.807, 2.05) is 0 Å². The van der Waals surface area contributed by atoms with Crippen LogP contribution in [0.15, 0.2) is 16.5 Å². The molecule has 0 saturated carbocycles. The topological polar surface area (TPSA) is 38.1 Å². The minimum absolute atomic E-state index is 0.387. The lowest BCUT2D eigenvalue weighted by molar-refractivity contribution is 0.385. The molecule has 5 heteroatoms. The van der Waals surface area contributed by atoms with E-state index in [2.05, 4.69) is 10.3 Å². The number of benzene rings is 1. The third kappa shape index (κ3) is 2.15. The second kappa shape index (κ2) is 4.48. The largest absolute Gasteiger partial charge is 0.440 e. The molecule has 0 atom stereocenters. The van der Waals surface area contributed by atoms with Gasteiger partial charge < -0.3 is 9.73 Å². The molecule has 1 fully saturated rings. The van der Waals surface area contributed by atoms with E-state index < -0.39 is 0 Å². The summed E-state index contributed by atoms with van der Waals surface area (Å²) in [4.78, 5) is 4.49. The van der Waals surface area contributed by atoms with Crippen molar-refractivity contribution in [1.82, 2.24) is 10.3 Å². The maximum absolute atomic E-state index is 6.10. The highest BCUT2D eigenvalue weighted by Gasteiger charge is 2.21. The second-order valence-corrected chi connectivity index (χ2v) is 5.15. The van der Waals surface area contributed by atoms with Gasteiger partial charge in [0.25, 0.3) is 0 Å². The van der Waals surface area contributed by atoms with Gasteiger partial charge in [-0.25, -0.2) is 4.98 Å². The lowest BCUT2D eigenvalue weighted by Crippen LogP contribution is -2.26. The number of hydrogen-bond donors (Lipinski definition) is 1. The van der Waals surface area contributed by atoms with Gasteiger partial charge in [-0.3, -0.25) is 0 Å². The second-order valence-electron chi connectivity index (χ2n) is 4.31. The van der Waals surface area contributed by atoms with E-state index in [0.29, 0.717) is 27.1 Å². The normalized spacial score (nSPS) is 17.8. The first kappa shape index (κ1) is 11.3. The maximum Gasteiger partial charge on any atom is 0.198 e. The van der Waals surface area contributed by atoms with Crippen LogP contribution in [0.4, 0.5) is 0 Å². The third-order valence-electron chi connectivity index (χ3n) is 3.12. The maximum atomic E-state index is 6.10. The van der Waals surface area contributed by atoms with E-state index in [0.717, 1.165) is 31.8 Å². The molecular weight excluding hydrogens is 259 g/mol. The Balaban J connectivity index is 2.03. The Morgan fingerprint density at radius 3 is 2.76 bits per heavy atom. The molecule has 1 aromatic carbocycles. The number of piperidine rings is 1. The van der Waals surface area contributed by atoms with Crippen LogP contribution < -0.4 is 5.32 Å². The zero-order valence-electron chi connectivity index (χ0n) is 9.17. The van der Waals surface area contributed by atoms with Crippen molar-refractivity contribution in [2.24, 2.45) is 0 Å². The number of nitrogens with zero attached hydrogens (tertiary/aromatic N) is 1. The zero-order valence-corrected chi connectivity index (χ0v) is 10.7. The van der Waals surface area contributed by atoms with Crippen LogP contribution in [0.25, 0.3) is 11.1 Å². The first-order valence-corrected chi connectivity index (χ1v) is 6.46. The Morgan fingerprint density at radius 2 is 2.00 bits per heavy atom. The predicted molar refractivity (Wildman–Crippen MR) is 68.9 cm³/mol. The highest BCUT2D eigenvalue weighted by atomic mass is 35.5. The average molecular weight is 271 g/mol. The van der Waals surface area contributed by atoms with Crippen LogP contribution in [-0.4, -0.2) is 18.1 Å². The number of rotatable bonds is 1. The Kier molecular flexibility index (Phi) is 2.99. The minimum Gasteiger partial charge on any atom is -0.440 e. The van der Waals surface area contributed by atoms with E-state index in [1.165, 1.54) is 0 Å². The number of hydrogen-bond acceptors (Lipinski definition) is 3. The molecule has 3 rings (SSSR count). The van der Waals surface area contributed by atoms with Crippen molar-refractivity contribution >= 4 is 34.3 Å². The molecule has 0 aliphatic carbocycles. The van der Waals surface area contributed by atoms with Gasteiger partial charge in [-0.15, -0.1) is 0 Å². The van der Waals surface area contributed by atoms with Crippen LogP contribution in [0.2, 0.25) is 10.0 Å². The number of oxazole rings is 1. The standard InChI is InChI=1S/C12H12Cl2N2O/c13-8-5-9(14)11-10(6-8)17-12(16-11)7-1-3-15-4-2-7/h5-7,15H,1-4H2. The summed E-state index contributed by atoms with van der Waals surface area (Å²) in [5, 5.41) is 4.45. The summed E-state index contributed by atoms with van der Waals surface area (Å²) in [7, 11) is 0. The molecule has 1 saturated heterocycles. The quantitative estimate of drug-likeness (QED) is 0.861. The van der Waals surface area contributed by atoms with Crippen LogP contribution in [-0.2, 0) is 0 Å². The van der Waals surface area contributed by atoms with Crippen molar-refractivity contribution in [2.45, 2.75) is 18.8 Å². The Labute approximate surface area is 109 Å². The van der Waals surface area contributed by atoms with Crippen molar-refractivity contribution in [3.63, 3.8) is 0 Å². The molecule has 1 N–H and O–H groups in total. The summed E-state index contributed by atoms with van der Waals surface area (Å²) in [6.07, 6.45) is 2.11. The fourth-order valence-electron chi connectivity index (χ4n) is 2.22. The monoisotopic (exact) mass is 270 g/mol. The van der Waals surface area contributed by atoms with E-state index in [4.69, 9.17) is 27.6 Å². The molecule has 0 amide bonds. The van der Waals surface area contributed by atoms with Gasteiger partial charge in [0.05, 0.1) is 5.02 Å². The number of halogens is 2. The van der Waals surface area contributed by atoms with Crippen molar-refractivity contribution in [1.29, 1.82) is 0 Å². The fourth-order valence-corrected chi connectivity index (χ4v) is 2.73. The van der Waals surface area contributed by atoms with Gasteiger partial charge in [0, 0.05) is 17.0 Å². The minimum atomic E-state index is 0.387. The Bertz CT molecular complexity index is 547. The summed E-state index contributed by atoms with van der Waals surface area (Å²) >= 11 is 12.0. The van der Waals surface area contributed by atoms with Gasteiger partial charge in [0.15, 0.2) is 11.5 Å². The van der Waals surface area contributed by atoms with Gasteiger partial charge in [-0.2, -0.15) is 0 Å². The zero-order chi connectivity index (χ0) is 11.8. The van der Waals surface area contributed by atoms with E-state index in [1.54, 1.807) is 12.1 Å². The predicted octanol–water partition coefficient (Wildman–Crippen LogP) is 3.60. The summed E-state index contributed by atoms with van der Waals surface area (Å²) in [5.74, 6) is 1.17. The van der Waals surface area contributed by atoms with Crippen molar-refractivity contribution in [3.8, 4) is 0 Å². The number of fused-ring (bicyclic) bond motifs is 1. The molecule has 0 bridgehead atoms. The van der Waals surface area contributed by atoms with E-state index in [9.17, 15) is 0 Å². The molecule has 2 aromatic rings. The van der Waals surface area contributed by atoms with E-state index in [-0.39, 0.29) is 0 Å². The Hall–Kier alpha value is -0.770. The molecule has 90 valence electrons. The highest BCUT2D eigenvalue weighted by molar-refractivity contribution is 6.38.